The number of hydrogen-bond donors (Lipinski definition) is 1. The van der Waals surface area contributed by atoms with E-state index in [0.717, 1.165) is 26.2 Å². The van der Waals surface area contributed by atoms with Crippen LogP contribution in [0.4, 0.5) is 11.4 Å². The zero-order valence-corrected chi connectivity index (χ0v) is 17.7. The molecular formula is C22H17BrN2O2S. The number of imide groups is 1. The van der Waals surface area contributed by atoms with E-state index in [2.05, 4.69) is 21.2 Å². The van der Waals surface area contributed by atoms with E-state index < -0.39 is 0 Å². The van der Waals surface area contributed by atoms with E-state index in [1.165, 1.54) is 16.2 Å². The molecule has 4 nitrogen and oxygen atoms in total. The van der Waals surface area contributed by atoms with Gasteiger partial charge in [-0.05, 0) is 60.7 Å². The van der Waals surface area contributed by atoms with Crippen molar-refractivity contribution in [2.75, 3.05) is 10.2 Å². The fraction of sp³-hybridized carbons (Fsp3) is 0.0909. The lowest BCUT2D eigenvalue weighted by Crippen LogP contribution is -2.33. The smallest absolute Gasteiger partial charge is 0.282 e. The van der Waals surface area contributed by atoms with Gasteiger partial charge in [-0.2, -0.15) is 0 Å². The molecule has 0 atom stereocenters. The minimum atomic E-state index is -0.345. The zero-order valence-electron chi connectivity index (χ0n) is 15.3. The first kappa shape index (κ1) is 18.7. The highest BCUT2D eigenvalue weighted by molar-refractivity contribution is 9.10. The van der Waals surface area contributed by atoms with Gasteiger partial charge in [0.05, 0.1) is 11.3 Å². The highest BCUT2D eigenvalue weighted by atomic mass is 79.9. The van der Waals surface area contributed by atoms with Crippen LogP contribution in [0.2, 0.25) is 0 Å². The van der Waals surface area contributed by atoms with Gasteiger partial charge in [0.1, 0.15) is 5.70 Å². The number of thiophene rings is 1. The first-order valence-corrected chi connectivity index (χ1v) is 10.4. The van der Waals surface area contributed by atoms with Crippen LogP contribution in [0.5, 0.6) is 0 Å². The first-order chi connectivity index (χ1) is 13.5. The molecule has 0 unspecified atom stereocenters. The Morgan fingerprint density at radius 1 is 0.964 bits per heavy atom. The van der Waals surface area contributed by atoms with E-state index in [1.807, 2.05) is 73.8 Å². The predicted octanol–water partition coefficient (Wildman–Crippen LogP) is 5.52. The normalized spacial score (nSPS) is 14.2. The molecule has 2 amide bonds. The van der Waals surface area contributed by atoms with E-state index in [9.17, 15) is 9.59 Å². The number of halogens is 1. The average Bonchev–Trinajstić information content (AvgIpc) is 3.26. The number of nitrogens with one attached hydrogen (secondary N) is 1. The molecule has 1 aromatic heterocycles. The van der Waals surface area contributed by atoms with Crippen molar-refractivity contribution in [3.63, 3.8) is 0 Å². The summed E-state index contributed by atoms with van der Waals surface area (Å²) in [6.45, 7) is 3.90. The Bertz CT molecular complexity index is 1120. The number of benzene rings is 2. The largest absolute Gasteiger partial charge is 0.350 e. The molecule has 0 spiro atoms. The summed E-state index contributed by atoms with van der Waals surface area (Å²) in [5, 5.41) is 5.08. The molecule has 1 aliphatic heterocycles. The predicted molar refractivity (Wildman–Crippen MR) is 117 cm³/mol. The summed E-state index contributed by atoms with van der Waals surface area (Å²) >= 11 is 4.88. The van der Waals surface area contributed by atoms with Gasteiger partial charge in [-0.25, -0.2) is 4.90 Å². The van der Waals surface area contributed by atoms with E-state index >= 15 is 0 Å². The van der Waals surface area contributed by atoms with Crippen LogP contribution in [0.1, 0.15) is 16.0 Å². The molecule has 0 saturated carbocycles. The van der Waals surface area contributed by atoms with Crippen LogP contribution < -0.4 is 10.2 Å². The van der Waals surface area contributed by atoms with Crippen molar-refractivity contribution in [3.8, 4) is 0 Å². The Balaban J connectivity index is 1.83. The van der Waals surface area contributed by atoms with Gasteiger partial charge in [-0.1, -0.05) is 40.2 Å². The molecule has 2 aromatic carbocycles. The number of aryl methyl sites for hydroxylation is 1. The van der Waals surface area contributed by atoms with Crippen LogP contribution in [0.3, 0.4) is 0 Å². The van der Waals surface area contributed by atoms with Crippen molar-refractivity contribution in [1.29, 1.82) is 0 Å². The van der Waals surface area contributed by atoms with Gasteiger partial charge in [0.2, 0.25) is 0 Å². The van der Waals surface area contributed by atoms with E-state index in [-0.39, 0.29) is 11.8 Å². The van der Waals surface area contributed by atoms with Crippen molar-refractivity contribution in [2.45, 2.75) is 13.8 Å². The molecule has 1 N–H and O–H groups in total. The molecular weight excluding hydrogens is 436 g/mol. The molecule has 2 heterocycles. The molecule has 0 bridgehead atoms. The maximum absolute atomic E-state index is 13.4. The monoisotopic (exact) mass is 452 g/mol. The standard InChI is InChI=1S/C22H17BrN2O2S/c1-13-6-3-9-17(14(13)2)25-21(26)19(18-10-5-11-28-18)20(22(25)27)24-16-8-4-7-15(23)12-16/h3-12,24H,1-2H3. The molecule has 0 aliphatic carbocycles. The second-order valence-electron chi connectivity index (χ2n) is 6.53. The van der Waals surface area contributed by atoms with E-state index in [4.69, 9.17) is 0 Å². The Labute approximate surface area is 175 Å². The number of carbonyl (C=O) groups excluding carboxylic acids is 2. The molecule has 28 heavy (non-hydrogen) atoms. The maximum Gasteiger partial charge on any atom is 0.282 e. The summed E-state index contributed by atoms with van der Waals surface area (Å²) < 4.78 is 0.888. The Hall–Kier alpha value is -2.70. The summed E-state index contributed by atoms with van der Waals surface area (Å²) in [4.78, 5) is 28.7. The van der Waals surface area contributed by atoms with Crippen molar-refractivity contribution in [3.05, 3.63) is 86.2 Å². The topological polar surface area (TPSA) is 49.4 Å². The zero-order chi connectivity index (χ0) is 19.8. The van der Waals surface area contributed by atoms with Crippen LogP contribution in [-0.4, -0.2) is 11.8 Å². The van der Waals surface area contributed by atoms with Gasteiger partial charge in [-0.15, -0.1) is 11.3 Å². The molecule has 4 rings (SSSR count). The lowest BCUT2D eigenvalue weighted by molar-refractivity contribution is -0.120. The van der Waals surface area contributed by atoms with Gasteiger partial charge >= 0.3 is 0 Å². The van der Waals surface area contributed by atoms with Crippen molar-refractivity contribution in [2.24, 2.45) is 0 Å². The third-order valence-corrected chi connectivity index (χ3v) is 6.14. The highest BCUT2D eigenvalue weighted by Crippen LogP contribution is 2.37. The summed E-state index contributed by atoms with van der Waals surface area (Å²) in [6, 6.07) is 16.9. The Morgan fingerprint density at radius 2 is 1.75 bits per heavy atom. The van der Waals surface area contributed by atoms with Crippen LogP contribution in [0.25, 0.3) is 5.57 Å². The van der Waals surface area contributed by atoms with Gasteiger partial charge in [0, 0.05) is 15.0 Å². The number of hydrogen-bond acceptors (Lipinski definition) is 4. The number of amides is 2. The molecule has 3 aromatic rings. The molecule has 6 heteroatoms. The third-order valence-electron chi connectivity index (χ3n) is 4.76. The van der Waals surface area contributed by atoms with Crippen LogP contribution in [-0.2, 0) is 9.59 Å². The quantitative estimate of drug-likeness (QED) is 0.529. The van der Waals surface area contributed by atoms with Crippen LogP contribution >= 0.6 is 27.3 Å². The molecule has 0 radical (unpaired) electrons. The minimum absolute atomic E-state index is 0.298. The second-order valence-corrected chi connectivity index (χ2v) is 8.39. The summed E-state index contributed by atoms with van der Waals surface area (Å²) in [5.74, 6) is -0.652. The average molecular weight is 453 g/mol. The van der Waals surface area contributed by atoms with Gasteiger partial charge in [-0.3, -0.25) is 9.59 Å². The SMILES string of the molecule is Cc1cccc(N2C(=O)C(Nc3cccc(Br)c3)=C(c3cccs3)C2=O)c1C. The van der Waals surface area contributed by atoms with Crippen LogP contribution in [0, 0.1) is 13.8 Å². The highest BCUT2D eigenvalue weighted by Gasteiger charge is 2.41. The van der Waals surface area contributed by atoms with E-state index in [1.54, 1.807) is 0 Å². The second kappa shape index (κ2) is 7.37. The van der Waals surface area contributed by atoms with Gasteiger partial charge < -0.3 is 5.32 Å². The molecule has 0 saturated heterocycles. The molecule has 0 fully saturated rings. The van der Waals surface area contributed by atoms with Crippen molar-refractivity contribution in [1.82, 2.24) is 0 Å². The third kappa shape index (κ3) is 3.19. The molecule has 1 aliphatic rings. The number of rotatable bonds is 4. The first-order valence-electron chi connectivity index (χ1n) is 8.73. The minimum Gasteiger partial charge on any atom is -0.350 e. The number of anilines is 2. The summed E-state index contributed by atoms with van der Waals surface area (Å²) in [6.07, 6.45) is 0. The summed E-state index contributed by atoms with van der Waals surface area (Å²) in [7, 11) is 0. The van der Waals surface area contributed by atoms with E-state index in [0.29, 0.717) is 17.0 Å². The Morgan fingerprint density at radius 3 is 2.46 bits per heavy atom. The molecule has 140 valence electrons. The number of carbonyl (C=O) groups is 2. The lowest BCUT2D eigenvalue weighted by Gasteiger charge is -2.19. The van der Waals surface area contributed by atoms with Gasteiger partial charge in [0.15, 0.2) is 0 Å². The summed E-state index contributed by atoms with van der Waals surface area (Å²) in [5.41, 5.74) is 4.01. The number of nitrogens with zero attached hydrogens (tertiary/aromatic N) is 1. The van der Waals surface area contributed by atoms with Crippen molar-refractivity contribution < 1.29 is 9.59 Å². The lowest BCUT2D eigenvalue weighted by atomic mass is 10.1. The van der Waals surface area contributed by atoms with Crippen molar-refractivity contribution >= 4 is 56.0 Å². The van der Waals surface area contributed by atoms with Crippen LogP contribution in [0.15, 0.2) is 70.1 Å². The fourth-order valence-electron chi connectivity index (χ4n) is 3.20. The van der Waals surface area contributed by atoms with Gasteiger partial charge in [0.25, 0.3) is 11.8 Å². The Kier molecular flexibility index (Phi) is 4.91. The fourth-order valence-corrected chi connectivity index (χ4v) is 4.37. The maximum atomic E-state index is 13.4.